The van der Waals surface area contributed by atoms with Crippen LogP contribution in [0.25, 0.3) is 0 Å². The summed E-state index contributed by atoms with van der Waals surface area (Å²) in [5.41, 5.74) is 5.24. The number of amides is 1. The molecule has 116 valence electrons. The molecule has 0 aromatic rings. The van der Waals surface area contributed by atoms with Crippen molar-refractivity contribution in [2.75, 3.05) is 37.0 Å². The number of carbonyl (C=O) groups is 1. The van der Waals surface area contributed by atoms with E-state index in [1.807, 2.05) is 0 Å². The quantitative estimate of drug-likeness (QED) is 0.776. The molecular weight excluding hydrogens is 300 g/mol. The first-order chi connectivity index (χ1) is 9.41. The zero-order chi connectivity index (χ0) is 14.8. The molecule has 1 amide bonds. The van der Waals surface area contributed by atoms with E-state index >= 15 is 0 Å². The molecule has 2 saturated heterocycles. The average Bonchev–Trinajstić information content (AvgIpc) is 2.47. The molecule has 0 radical (unpaired) electrons. The molecule has 2 rings (SSSR count). The summed E-state index contributed by atoms with van der Waals surface area (Å²) >= 11 is 1.57. The highest BCUT2D eigenvalue weighted by molar-refractivity contribution is 8.01. The van der Waals surface area contributed by atoms with Crippen molar-refractivity contribution in [3.63, 3.8) is 0 Å². The molecule has 0 bridgehead atoms. The van der Waals surface area contributed by atoms with Crippen LogP contribution in [0.15, 0.2) is 0 Å². The van der Waals surface area contributed by atoms with Crippen LogP contribution >= 0.6 is 11.8 Å². The van der Waals surface area contributed by atoms with Crippen LogP contribution in [0.4, 0.5) is 0 Å². The maximum Gasteiger partial charge on any atom is 0.243 e. The molecule has 0 aromatic heterocycles. The molecule has 1 atom stereocenters. The van der Waals surface area contributed by atoms with Gasteiger partial charge in [0.05, 0.1) is 5.54 Å². The van der Waals surface area contributed by atoms with Crippen molar-refractivity contribution >= 4 is 27.5 Å². The van der Waals surface area contributed by atoms with Gasteiger partial charge in [0.25, 0.3) is 0 Å². The molecule has 1 unspecified atom stereocenters. The van der Waals surface area contributed by atoms with Crippen molar-refractivity contribution < 1.29 is 17.9 Å². The van der Waals surface area contributed by atoms with E-state index in [4.69, 9.17) is 10.5 Å². The summed E-state index contributed by atoms with van der Waals surface area (Å²) < 4.78 is 29.6. The topological polar surface area (TPSA) is 89.7 Å². The van der Waals surface area contributed by atoms with Crippen LogP contribution in [0, 0.1) is 0 Å². The van der Waals surface area contributed by atoms with E-state index in [-0.39, 0.29) is 11.7 Å². The van der Waals surface area contributed by atoms with E-state index in [0.717, 1.165) is 5.75 Å². The van der Waals surface area contributed by atoms with Crippen molar-refractivity contribution in [2.24, 2.45) is 5.73 Å². The Hall–Kier alpha value is -0.310. The second kappa shape index (κ2) is 6.21. The molecule has 2 N–H and O–H groups in total. The Morgan fingerprint density at radius 3 is 2.70 bits per heavy atom. The predicted molar refractivity (Wildman–Crippen MR) is 79.3 cm³/mol. The lowest BCUT2D eigenvalue weighted by Gasteiger charge is -2.41. The van der Waals surface area contributed by atoms with Crippen molar-refractivity contribution in [3.05, 3.63) is 0 Å². The van der Waals surface area contributed by atoms with E-state index in [1.54, 1.807) is 18.7 Å². The Balaban J connectivity index is 2.21. The van der Waals surface area contributed by atoms with Gasteiger partial charge in [-0.15, -0.1) is 0 Å². The average molecular weight is 322 g/mol. The van der Waals surface area contributed by atoms with E-state index < -0.39 is 20.8 Å². The van der Waals surface area contributed by atoms with Crippen LogP contribution in [-0.2, 0) is 19.4 Å². The zero-order valence-corrected chi connectivity index (χ0v) is 13.3. The van der Waals surface area contributed by atoms with Crippen LogP contribution in [0.1, 0.15) is 19.8 Å². The molecule has 8 heteroatoms. The summed E-state index contributed by atoms with van der Waals surface area (Å²) in [5.74, 6) is 1.01. The van der Waals surface area contributed by atoms with E-state index in [0.29, 0.717) is 38.4 Å². The molecular formula is C12H22N2O4S2. The molecule has 0 saturated carbocycles. The molecule has 2 fully saturated rings. The van der Waals surface area contributed by atoms with Crippen molar-refractivity contribution in [1.29, 1.82) is 0 Å². The molecule has 0 spiro atoms. The van der Waals surface area contributed by atoms with Gasteiger partial charge in [-0.1, -0.05) is 6.92 Å². The number of sulfone groups is 1. The summed E-state index contributed by atoms with van der Waals surface area (Å²) in [6.07, 6.45) is 0.905. The normalized spacial score (nSPS) is 27.3. The fraction of sp³-hybridized carbons (Fsp3) is 0.917. The summed E-state index contributed by atoms with van der Waals surface area (Å²) in [4.78, 5) is 14.2. The summed E-state index contributed by atoms with van der Waals surface area (Å²) in [6.45, 7) is 2.98. The lowest BCUT2D eigenvalue weighted by atomic mass is 9.89. The fourth-order valence-corrected chi connectivity index (χ4v) is 5.50. The van der Waals surface area contributed by atoms with E-state index in [9.17, 15) is 13.2 Å². The summed E-state index contributed by atoms with van der Waals surface area (Å²) in [6, 6.07) is 0. The number of thioether (sulfide) groups is 1. The number of hydrogen-bond acceptors (Lipinski definition) is 6. The third-order valence-electron chi connectivity index (χ3n) is 3.97. The number of nitrogens with zero attached hydrogens (tertiary/aromatic N) is 1. The van der Waals surface area contributed by atoms with Crippen LogP contribution < -0.4 is 5.73 Å². The van der Waals surface area contributed by atoms with Gasteiger partial charge in [-0.05, 0) is 12.8 Å². The lowest BCUT2D eigenvalue weighted by Crippen LogP contribution is -2.63. The maximum absolute atomic E-state index is 12.7. The number of carbonyl (C=O) groups excluding carboxylic acids is 1. The van der Waals surface area contributed by atoms with Gasteiger partial charge in [0, 0.05) is 37.0 Å². The summed E-state index contributed by atoms with van der Waals surface area (Å²) in [5, 5.41) is -0.734. The zero-order valence-electron chi connectivity index (χ0n) is 11.7. The van der Waals surface area contributed by atoms with Crippen molar-refractivity contribution in [1.82, 2.24) is 4.90 Å². The highest BCUT2D eigenvalue weighted by atomic mass is 32.2. The largest absolute Gasteiger partial charge is 0.381 e. The minimum Gasteiger partial charge on any atom is -0.381 e. The minimum atomic E-state index is -3.28. The molecule has 0 aromatic carbocycles. The minimum absolute atomic E-state index is 0.0443. The van der Waals surface area contributed by atoms with Gasteiger partial charge in [-0.25, -0.2) is 8.42 Å². The molecule has 2 aliphatic heterocycles. The standard InChI is InChI=1S/C12H22N2O4S2/c1-2-20(16,17)10-9-19-8-5-14(10)11(15)12(13)3-6-18-7-4-12/h10H,2-9,13H2,1H3. The number of rotatable bonds is 3. The van der Waals surface area contributed by atoms with Crippen LogP contribution in [0.3, 0.4) is 0 Å². The van der Waals surface area contributed by atoms with Gasteiger partial charge in [0.15, 0.2) is 9.84 Å². The van der Waals surface area contributed by atoms with Crippen LogP contribution in [0.2, 0.25) is 0 Å². The molecule has 0 aliphatic carbocycles. The van der Waals surface area contributed by atoms with Gasteiger partial charge in [-0.3, -0.25) is 4.79 Å². The van der Waals surface area contributed by atoms with Gasteiger partial charge in [0.1, 0.15) is 5.37 Å². The fourth-order valence-electron chi connectivity index (χ4n) is 2.54. The second-order valence-electron chi connectivity index (χ2n) is 5.25. The molecule has 2 aliphatic rings. The lowest BCUT2D eigenvalue weighted by molar-refractivity contribution is -0.141. The van der Waals surface area contributed by atoms with Crippen LogP contribution in [0.5, 0.6) is 0 Å². The highest BCUT2D eigenvalue weighted by Crippen LogP contribution is 2.27. The Labute approximate surface area is 124 Å². The number of ether oxygens (including phenoxy) is 1. The first-order valence-electron chi connectivity index (χ1n) is 6.88. The molecule has 2 heterocycles. The monoisotopic (exact) mass is 322 g/mol. The Kier molecular flexibility index (Phi) is 4.99. The van der Waals surface area contributed by atoms with Crippen LogP contribution in [-0.4, -0.2) is 67.2 Å². The van der Waals surface area contributed by atoms with E-state index in [2.05, 4.69) is 0 Å². The Bertz CT molecular complexity index is 460. The molecule has 20 heavy (non-hydrogen) atoms. The van der Waals surface area contributed by atoms with Crippen molar-refractivity contribution in [3.8, 4) is 0 Å². The van der Waals surface area contributed by atoms with Gasteiger partial charge < -0.3 is 15.4 Å². The predicted octanol–water partition coefficient (Wildman–Crippen LogP) is -0.169. The van der Waals surface area contributed by atoms with Gasteiger partial charge in [0.2, 0.25) is 5.91 Å². The van der Waals surface area contributed by atoms with Gasteiger partial charge in [-0.2, -0.15) is 11.8 Å². The Morgan fingerprint density at radius 1 is 1.45 bits per heavy atom. The maximum atomic E-state index is 12.7. The van der Waals surface area contributed by atoms with E-state index in [1.165, 1.54) is 4.90 Å². The van der Waals surface area contributed by atoms with Gasteiger partial charge >= 0.3 is 0 Å². The second-order valence-corrected chi connectivity index (χ2v) is 8.85. The molecule has 6 nitrogen and oxygen atoms in total. The number of hydrogen-bond donors (Lipinski definition) is 1. The first kappa shape index (κ1) is 16.1. The third-order valence-corrected chi connectivity index (χ3v) is 7.26. The third kappa shape index (κ3) is 3.13. The smallest absolute Gasteiger partial charge is 0.243 e. The SMILES string of the molecule is CCS(=O)(=O)C1CSCCN1C(=O)C1(N)CCOCC1. The summed E-state index contributed by atoms with van der Waals surface area (Å²) in [7, 11) is -3.28. The first-order valence-corrected chi connectivity index (χ1v) is 9.75. The highest BCUT2D eigenvalue weighted by Gasteiger charge is 2.44. The Morgan fingerprint density at radius 2 is 2.10 bits per heavy atom. The van der Waals surface area contributed by atoms with Crippen molar-refractivity contribution in [2.45, 2.75) is 30.7 Å². The number of nitrogens with two attached hydrogens (primary N) is 1.